The Bertz CT molecular complexity index is 412. The first-order chi connectivity index (χ1) is 8.28. The lowest BCUT2D eigenvalue weighted by atomic mass is 10.3. The number of nitrogens with one attached hydrogen (secondary N) is 3. The van der Waals surface area contributed by atoms with Gasteiger partial charge in [0.25, 0.3) is 5.56 Å². The molecule has 1 aliphatic heterocycles. The summed E-state index contributed by atoms with van der Waals surface area (Å²) in [5.41, 5.74) is -0.118. The van der Waals surface area contributed by atoms with Crippen LogP contribution in [0.25, 0.3) is 0 Å². The second-order valence-corrected chi connectivity index (χ2v) is 4.04. The van der Waals surface area contributed by atoms with Gasteiger partial charge >= 0.3 is 0 Å². The first kappa shape index (κ1) is 12.1. The number of H-pyrrole nitrogens is 1. The Balaban J connectivity index is 1.93. The summed E-state index contributed by atoms with van der Waals surface area (Å²) in [6, 6.07) is 1.75. The molecular weight excluding hydrogens is 220 g/mol. The molecule has 0 radical (unpaired) electrons. The molecule has 1 aliphatic rings. The van der Waals surface area contributed by atoms with Gasteiger partial charge in [-0.1, -0.05) is 6.92 Å². The Morgan fingerprint density at radius 3 is 3.24 bits per heavy atom. The van der Waals surface area contributed by atoms with Gasteiger partial charge in [0.15, 0.2) is 0 Å². The SMILES string of the molecule is CCc1nc(NCC2COCCN2)cc(=O)[nH]1. The van der Waals surface area contributed by atoms with E-state index in [1.807, 2.05) is 6.92 Å². The van der Waals surface area contributed by atoms with Crippen LogP contribution in [0.1, 0.15) is 12.7 Å². The van der Waals surface area contributed by atoms with Gasteiger partial charge in [-0.15, -0.1) is 0 Å². The minimum atomic E-state index is -0.118. The standard InChI is InChI=1S/C11H18N4O2/c1-2-9-14-10(5-11(16)15-9)13-6-8-7-17-4-3-12-8/h5,8,12H,2-4,6-7H2,1H3,(H2,13,14,15,16). The molecule has 3 N–H and O–H groups in total. The van der Waals surface area contributed by atoms with Gasteiger partial charge in [0, 0.05) is 31.6 Å². The number of aromatic nitrogens is 2. The largest absolute Gasteiger partial charge is 0.378 e. The predicted molar refractivity (Wildman–Crippen MR) is 65.3 cm³/mol. The molecule has 1 unspecified atom stereocenters. The topological polar surface area (TPSA) is 79.0 Å². The molecule has 1 atom stereocenters. The van der Waals surface area contributed by atoms with Crippen LogP contribution in [0.3, 0.4) is 0 Å². The van der Waals surface area contributed by atoms with Crippen LogP contribution in [0.2, 0.25) is 0 Å². The first-order valence-corrected chi connectivity index (χ1v) is 5.93. The summed E-state index contributed by atoms with van der Waals surface area (Å²) in [4.78, 5) is 18.3. The Kier molecular flexibility index (Phi) is 4.11. The lowest BCUT2D eigenvalue weighted by Crippen LogP contribution is -2.45. The van der Waals surface area contributed by atoms with Crippen molar-refractivity contribution in [1.29, 1.82) is 0 Å². The summed E-state index contributed by atoms with van der Waals surface area (Å²) in [5, 5.41) is 6.49. The van der Waals surface area contributed by atoms with Crippen molar-refractivity contribution in [3.05, 3.63) is 22.2 Å². The van der Waals surface area contributed by atoms with Crippen molar-refractivity contribution in [2.75, 3.05) is 31.6 Å². The number of anilines is 1. The number of aromatic amines is 1. The van der Waals surface area contributed by atoms with Gasteiger partial charge < -0.3 is 20.4 Å². The van der Waals surface area contributed by atoms with Gasteiger partial charge in [0.2, 0.25) is 0 Å². The van der Waals surface area contributed by atoms with E-state index in [4.69, 9.17) is 4.74 Å². The Labute approximate surface area is 99.8 Å². The molecule has 0 saturated carbocycles. The van der Waals surface area contributed by atoms with Crippen LogP contribution < -0.4 is 16.2 Å². The molecule has 1 aromatic rings. The van der Waals surface area contributed by atoms with E-state index in [0.29, 0.717) is 24.8 Å². The average molecular weight is 238 g/mol. The summed E-state index contributed by atoms with van der Waals surface area (Å²) < 4.78 is 5.35. The summed E-state index contributed by atoms with van der Waals surface area (Å²) in [6.45, 7) is 4.99. The van der Waals surface area contributed by atoms with Crippen LogP contribution in [0.4, 0.5) is 5.82 Å². The Morgan fingerprint density at radius 1 is 1.65 bits per heavy atom. The Morgan fingerprint density at radius 2 is 2.53 bits per heavy atom. The highest BCUT2D eigenvalue weighted by Gasteiger charge is 2.12. The maximum Gasteiger partial charge on any atom is 0.252 e. The fourth-order valence-electron chi connectivity index (χ4n) is 1.74. The van der Waals surface area contributed by atoms with Crippen molar-refractivity contribution in [1.82, 2.24) is 15.3 Å². The van der Waals surface area contributed by atoms with Crippen LogP contribution in [0.5, 0.6) is 0 Å². The molecule has 2 heterocycles. The number of hydrogen-bond donors (Lipinski definition) is 3. The average Bonchev–Trinajstić information content (AvgIpc) is 2.37. The second-order valence-electron chi connectivity index (χ2n) is 4.04. The zero-order valence-corrected chi connectivity index (χ0v) is 9.95. The van der Waals surface area contributed by atoms with Gasteiger partial charge in [0.1, 0.15) is 11.6 Å². The number of hydrogen-bond acceptors (Lipinski definition) is 5. The predicted octanol–water partition coefficient (Wildman–Crippen LogP) is -0.267. The van der Waals surface area contributed by atoms with E-state index >= 15 is 0 Å². The van der Waals surface area contributed by atoms with Gasteiger partial charge in [-0.2, -0.15) is 0 Å². The maximum absolute atomic E-state index is 11.3. The molecule has 94 valence electrons. The van der Waals surface area contributed by atoms with E-state index in [0.717, 1.165) is 19.6 Å². The fraction of sp³-hybridized carbons (Fsp3) is 0.636. The van der Waals surface area contributed by atoms with Crippen LogP contribution in [-0.4, -0.2) is 42.3 Å². The highest BCUT2D eigenvalue weighted by atomic mass is 16.5. The summed E-state index contributed by atoms with van der Waals surface area (Å²) >= 11 is 0. The van der Waals surface area contributed by atoms with Crippen LogP contribution >= 0.6 is 0 Å². The number of aryl methyl sites for hydroxylation is 1. The minimum Gasteiger partial charge on any atom is -0.378 e. The molecule has 6 nitrogen and oxygen atoms in total. The zero-order valence-electron chi connectivity index (χ0n) is 9.95. The van der Waals surface area contributed by atoms with Crippen LogP contribution in [0.15, 0.2) is 10.9 Å². The summed E-state index contributed by atoms with van der Waals surface area (Å²) in [7, 11) is 0. The van der Waals surface area contributed by atoms with E-state index in [1.165, 1.54) is 6.07 Å². The normalized spacial score (nSPS) is 20.2. The molecule has 1 saturated heterocycles. The van der Waals surface area contributed by atoms with Gasteiger partial charge in [-0.05, 0) is 0 Å². The van der Waals surface area contributed by atoms with Crippen LogP contribution in [-0.2, 0) is 11.2 Å². The number of nitrogens with zero attached hydrogens (tertiary/aromatic N) is 1. The monoisotopic (exact) mass is 238 g/mol. The number of rotatable bonds is 4. The molecular formula is C11H18N4O2. The fourth-order valence-corrected chi connectivity index (χ4v) is 1.74. The number of morpholine rings is 1. The zero-order chi connectivity index (χ0) is 12.1. The van der Waals surface area contributed by atoms with Crippen molar-refractivity contribution in [2.24, 2.45) is 0 Å². The molecule has 0 aromatic carbocycles. The van der Waals surface area contributed by atoms with Gasteiger partial charge in [-0.3, -0.25) is 4.79 Å². The smallest absolute Gasteiger partial charge is 0.252 e. The van der Waals surface area contributed by atoms with E-state index in [-0.39, 0.29) is 11.6 Å². The quantitative estimate of drug-likeness (QED) is 0.673. The molecule has 0 bridgehead atoms. The Hall–Kier alpha value is -1.40. The third-order valence-electron chi connectivity index (χ3n) is 2.65. The van der Waals surface area contributed by atoms with E-state index in [1.54, 1.807) is 0 Å². The van der Waals surface area contributed by atoms with Crippen molar-refractivity contribution in [3.63, 3.8) is 0 Å². The van der Waals surface area contributed by atoms with Crippen molar-refractivity contribution >= 4 is 5.82 Å². The molecule has 6 heteroatoms. The van der Waals surface area contributed by atoms with E-state index in [9.17, 15) is 4.79 Å². The van der Waals surface area contributed by atoms with Crippen molar-refractivity contribution in [3.8, 4) is 0 Å². The third-order valence-corrected chi connectivity index (χ3v) is 2.65. The molecule has 0 aliphatic carbocycles. The first-order valence-electron chi connectivity index (χ1n) is 5.93. The lowest BCUT2D eigenvalue weighted by molar-refractivity contribution is 0.0806. The lowest BCUT2D eigenvalue weighted by Gasteiger charge is -2.24. The third kappa shape index (κ3) is 3.54. The van der Waals surface area contributed by atoms with Crippen LogP contribution in [0, 0.1) is 0 Å². The molecule has 1 fully saturated rings. The molecule has 0 amide bonds. The highest BCUT2D eigenvalue weighted by molar-refractivity contribution is 5.33. The molecule has 2 rings (SSSR count). The summed E-state index contributed by atoms with van der Waals surface area (Å²) in [6.07, 6.45) is 0.718. The van der Waals surface area contributed by atoms with E-state index in [2.05, 4.69) is 20.6 Å². The van der Waals surface area contributed by atoms with Crippen molar-refractivity contribution in [2.45, 2.75) is 19.4 Å². The molecule has 0 spiro atoms. The van der Waals surface area contributed by atoms with Gasteiger partial charge in [0.05, 0.1) is 13.2 Å². The molecule has 17 heavy (non-hydrogen) atoms. The summed E-state index contributed by atoms with van der Waals surface area (Å²) in [5.74, 6) is 1.32. The maximum atomic E-state index is 11.3. The molecule has 1 aromatic heterocycles. The second kappa shape index (κ2) is 5.79. The highest BCUT2D eigenvalue weighted by Crippen LogP contribution is 2.01. The van der Waals surface area contributed by atoms with E-state index < -0.39 is 0 Å². The van der Waals surface area contributed by atoms with Crippen molar-refractivity contribution < 1.29 is 4.74 Å². The number of ether oxygens (including phenoxy) is 1. The van der Waals surface area contributed by atoms with Gasteiger partial charge in [-0.25, -0.2) is 4.98 Å². The minimum absolute atomic E-state index is 0.118.